The van der Waals surface area contributed by atoms with Crippen molar-refractivity contribution in [3.05, 3.63) is 29.3 Å². The number of nitrogens with one attached hydrogen (secondary N) is 1. The summed E-state index contributed by atoms with van der Waals surface area (Å²) in [7, 11) is 0. The summed E-state index contributed by atoms with van der Waals surface area (Å²) in [6.45, 7) is 6.35. The van der Waals surface area contributed by atoms with Gasteiger partial charge in [-0.1, -0.05) is 12.1 Å². The fourth-order valence-corrected chi connectivity index (χ4v) is 2.49. The molecule has 1 aliphatic heterocycles. The number of hydrogen-bond donors (Lipinski definition) is 2. The smallest absolute Gasteiger partial charge is 0.236 e. The van der Waals surface area contributed by atoms with E-state index in [9.17, 15) is 4.79 Å². The van der Waals surface area contributed by atoms with Crippen molar-refractivity contribution in [1.29, 1.82) is 0 Å². The molecule has 0 bridgehead atoms. The first-order chi connectivity index (χ1) is 8.59. The van der Waals surface area contributed by atoms with Gasteiger partial charge in [-0.2, -0.15) is 0 Å². The number of rotatable bonds is 4. The van der Waals surface area contributed by atoms with Crippen molar-refractivity contribution in [2.75, 3.05) is 18.0 Å². The van der Waals surface area contributed by atoms with Gasteiger partial charge in [0, 0.05) is 18.3 Å². The fraction of sp³-hybridized carbons (Fsp3) is 0.500. The summed E-state index contributed by atoms with van der Waals surface area (Å²) < 4.78 is 0. The molecule has 1 heterocycles. The molecule has 1 aromatic carbocycles. The predicted octanol–water partition coefficient (Wildman–Crippen LogP) is 1.03. The van der Waals surface area contributed by atoms with Gasteiger partial charge in [-0.25, -0.2) is 0 Å². The summed E-state index contributed by atoms with van der Waals surface area (Å²) in [5.41, 5.74) is 9.19. The van der Waals surface area contributed by atoms with E-state index in [2.05, 4.69) is 42.3 Å². The van der Waals surface area contributed by atoms with Crippen LogP contribution in [0, 0.1) is 0 Å². The highest BCUT2D eigenvalue weighted by atomic mass is 16.1. The summed E-state index contributed by atoms with van der Waals surface area (Å²) >= 11 is 0. The van der Waals surface area contributed by atoms with Crippen molar-refractivity contribution in [2.24, 2.45) is 5.73 Å². The van der Waals surface area contributed by atoms with Crippen LogP contribution in [0.2, 0.25) is 0 Å². The topological polar surface area (TPSA) is 58.4 Å². The zero-order valence-electron chi connectivity index (χ0n) is 11.1. The number of carbonyl (C=O) groups excluding carboxylic acids is 1. The van der Waals surface area contributed by atoms with E-state index in [1.807, 2.05) is 0 Å². The average Bonchev–Trinajstić information content (AvgIpc) is 2.35. The first-order valence-corrected chi connectivity index (χ1v) is 6.46. The monoisotopic (exact) mass is 247 g/mol. The van der Waals surface area contributed by atoms with Crippen LogP contribution in [0.5, 0.6) is 0 Å². The molecule has 1 aliphatic rings. The number of carbonyl (C=O) groups is 1. The van der Waals surface area contributed by atoms with Gasteiger partial charge in [0.1, 0.15) is 0 Å². The van der Waals surface area contributed by atoms with E-state index in [1.165, 1.54) is 11.1 Å². The van der Waals surface area contributed by atoms with Crippen molar-refractivity contribution in [3.8, 4) is 0 Å². The summed E-state index contributed by atoms with van der Waals surface area (Å²) in [5, 5.41) is 3.37. The second kappa shape index (κ2) is 5.40. The van der Waals surface area contributed by atoms with Gasteiger partial charge in [0.15, 0.2) is 0 Å². The molecule has 0 atom stereocenters. The molecule has 1 amide bonds. The largest absolute Gasteiger partial charge is 0.368 e. The van der Waals surface area contributed by atoms with Crippen LogP contribution < -0.4 is 16.0 Å². The van der Waals surface area contributed by atoms with Crippen LogP contribution in [0.4, 0.5) is 5.69 Å². The molecule has 18 heavy (non-hydrogen) atoms. The van der Waals surface area contributed by atoms with Crippen LogP contribution in [0.15, 0.2) is 18.2 Å². The maximum absolute atomic E-state index is 11.2. The van der Waals surface area contributed by atoms with Crippen LogP contribution in [-0.2, 0) is 17.8 Å². The van der Waals surface area contributed by atoms with Crippen molar-refractivity contribution < 1.29 is 4.79 Å². The lowest BCUT2D eigenvalue weighted by Crippen LogP contribution is -2.40. The molecule has 98 valence electrons. The van der Waals surface area contributed by atoms with Crippen LogP contribution >= 0.6 is 0 Å². The van der Waals surface area contributed by atoms with E-state index in [-0.39, 0.29) is 18.5 Å². The van der Waals surface area contributed by atoms with Crippen molar-refractivity contribution >= 4 is 11.6 Å². The lowest BCUT2D eigenvalue weighted by atomic mass is 9.98. The molecule has 4 nitrogen and oxygen atoms in total. The zero-order valence-corrected chi connectivity index (χ0v) is 11.1. The highest BCUT2D eigenvalue weighted by Crippen LogP contribution is 2.27. The molecule has 0 saturated carbocycles. The minimum Gasteiger partial charge on any atom is -0.368 e. The number of benzene rings is 1. The summed E-state index contributed by atoms with van der Waals surface area (Å²) in [5.74, 6) is -0.282. The molecule has 0 aliphatic carbocycles. The molecule has 4 heteroatoms. The van der Waals surface area contributed by atoms with Crippen LogP contribution in [0.1, 0.15) is 25.0 Å². The van der Waals surface area contributed by atoms with Gasteiger partial charge in [-0.05, 0) is 44.0 Å². The highest BCUT2D eigenvalue weighted by Gasteiger charge is 2.19. The predicted molar refractivity (Wildman–Crippen MR) is 73.5 cm³/mol. The maximum atomic E-state index is 11.2. The number of primary amides is 1. The number of amides is 1. The Kier molecular flexibility index (Phi) is 3.87. The number of nitrogens with two attached hydrogens (primary N) is 1. The molecular formula is C14H21N3O. The molecular weight excluding hydrogens is 226 g/mol. The number of nitrogens with zero attached hydrogens (tertiary/aromatic N) is 1. The Labute approximate surface area is 108 Å². The van der Waals surface area contributed by atoms with Gasteiger partial charge >= 0.3 is 0 Å². The van der Waals surface area contributed by atoms with E-state index >= 15 is 0 Å². The fourth-order valence-electron chi connectivity index (χ4n) is 2.49. The standard InChI is InChI=1S/C14H21N3O/c1-10(2)17(9-14(15)18)13-5-3-4-11-8-16-7-6-12(11)13/h3-5,10,16H,6-9H2,1-2H3,(H2,15,18). The van der Waals surface area contributed by atoms with E-state index in [1.54, 1.807) is 0 Å². The second-order valence-electron chi connectivity index (χ2n) is 5.03. The SMILES string of the molecule is CC(C)N(CC(N)=O)c1cccc2c1CCNC2. The first-order valence-electron chi connectivity index (χ1n) is 6.46. The van der Waals surface area contributed by atoms with Gasteiger partial charge in [-0.3, -0.25) is 4.79 Å². The molecule has 0 aromatic heterocycles. The zero-order chi connectivity index (χ0) is 13.1. The Morgan fingerprint density at radius 3 is 2.94 bits per heavy atom. The molecule has 0 fully saturated rings. The quantitative estimate of drug-likeness (QED) is 0.835. The highest BCUT2D eigenvalue weighted by molar-refractivity contribution is 5.80. The van der Waals surface area contributed by atoms with E-state index in [0.29, 0.717) is 0 Å². The van der Waals surface area contributed by atoms with Gasteiger partial charge in [0.05, 0.1) is 6.54 Å². The molecule has 2 rings (SSSR count). The van der Waals surface area contributed by atoms with Gasteiger partial charge < -0.3 is 16.0 Å². The minimum atomic E-state index is -0.282. The number of anilines is 1. The van der Waals surface area contributed by atoms with E-state index < -0.39 is 0 Å². The molecule has 0 radical (unpaired) electrons. The minimum absolute atomic E-state index is 0.263. The second-order valence-corrected chi connectivity index (χ2v) is 5.03. The molecule has 0 saturated heterocycles. The van der Waals surface area contributed by atoms with E-state index in [0.717, 1.165) is 25.2 Å². The maximum Gasteiger partial charge on any atom is 0.236 e. The van der Waals surface area contributed by atoms with Crippen LogP contribution in [-0.4, -0.2) is 25.0 Å². The lowest BCUT2D eigenvalue weighted by Gasteiger charge is -2.32. The molecule has 1 aromatic rings. The first kappa shape index (κ1) is 12.9. The molecule has 3 N–H and O–H groups in total. The van der Waals surface area contributed by atoms with Crippen LogP contribution in [0.3, 0.4) is 0 Å². The Hall–Kier alpha value is -1.55. The Bertz CT molecular complexity index is 443. The Balaban J connectivity index is 2.38. The lowest BCUT2D eigenvalue weighted by molar-refractivity contribution is -0.116. The third-order valence-corrected chi connectivity index (χ3v) is 3.37. The number of hydrogen-bond acceptors (Lipinski definition) is 3. The van der Waals surface area contributed by atoms with Crippen molar-refractivity contribution in [1.82, 2.24) is 5.32 Å². The molecule has 0 spiro atoms. The number of fused-ring (bicyclic) bond motifs is 1. The summed E-state index contributed by atoms with van der Waals surface area (Å²) in [6.07, 6.45) is 1.01. The van der Waals surface area contributed by atoms with Gasteiger partial charge in [-0.15, -0.1) is 0 Å². The van der Waals surface area contributed by atoms with Gasteiger partial charge in [0.25, 0.3) is 0 Å². The Morgan fingerprint density at radius 2 is 2.28 bits per heavy atom. The van der Waals surface area contributed by atoms with Crippen LogP contribution in [0.25, 0.3) is 0 Å². The third kappa shape index (κ3) is 2.64. The third-order valence-electron chi connectivity index (χ3n) is 3.37. The molecule has 0 unspecified atom stereocenters. The van der Waals surface area contributed by atoms with Crippen molar-refractivity contribution in [3.63, 3.8) is 0 Å². The van der Waals surface area contributed by atoms with E-state index in [4.69, 9.17) is 5.73 Å². The summed E-state index contributed by atoms with van der Waals surface area (Å²) in [4.78, 5) is 13.3. The van der Waals surface area contributed by atoms with Gasteiger partial charge in [0.2, 0.25) is 5.91 Å². The van der Waals surface area contributed by atoms with Crippen molar-refractivity contribution in [2.45, 2.75) is 32.9 Å². The normalized spacial score (nSPS) is 14.4. The average molecular weight is 247 g/mol. The summed E-state index contributed by atoms with van der Waals surface area (Å²) in [6, 6.07) is 6.55. The Morgan fingerprint density at radius 1 is 1.50 bits per heavy atom.